The standard InChI is InChI=1S/C15H23N5/c1-12(2)16-11-14(13-7-5-4-6-8-13)9-10-15-17-19-20(3)18-15/h4-8,12,14,16H,9-11H2,1-3H3. The number of rotatable bonds is 7. The first-order valence-corrected chi connectivity index (χ1v) is 7.16. The summed E-state index contributed by atoms with van der Waals surface area (Å²) >= 11 is 0. The number of nitrogens with zero attached hydrogens (tertiary/aromatic N) is 4. The fourth-order valence-corrected chi connectivity index (χ4v) is 2.22. The summed E-state index contributed by atoms with van der Waals surface area (Å²) in [6.45, 7) is 5.32. The molecule has 1 aromatic heterocycles. The summed E-state index contributed by atoms with van der Waals surface area (Å²) in [7, 11) is 1.80. The summed E-state index contributed by atoms with van der Waals surface area (Å²) in [5.74, 6) is 1.29. The van der Waals surface area contributed by atoms with Gasteiger partial charge >= 0.3 is 0 Å². The third-order valence-electron chi connectivity index (χ3n) is 3.31. The largest absolute Gasteiger partial charge is 0.314 e. The van der Waals surface area contributed by atoms with Gasteiger partial charge < -0.3 is 5.32 Å². The van der Waals surface area contributed by atoms with Crippen LogP contribution in [0.3, 0.4) is 0 Å². The highest BCUT2D eigenvalue weighted by Crippen LogP contribution is 2.20. The van der Waals surface area contributed by atoms with Crippen LogP contribution in [-0.2, 0) is 13.5 Å². The van der Waals surface area contributed by atoms with E-state index >= 15 is 0 Å². The molecule has 0 aliphatic carbocycles. The normalized spacial score (nSPS) is 12.8. The van der Waals surface area contributed by atoms with Gasteiger partial charge in [-0.2, -0.15) is 4.80 Å². The molecule has 5 nitrogen and oxygen atoms in total. The molecule has 0 amide bonds. The van der Waals surface area contributed by atoms with Gasteiger partial charge in [-0.1, -0.05) is 44.2 Å². The maximum absolute atomic E-state index is 4.25. The van der Waals surface area contributed by atoms with Crippen molar-refractivity contribution in [2.75, 3.05) is 6.54 Å². The van der Waals surface area contributed by atoms with E-state index in [1.165, 1.54) is 10.4 Å². The van der Waals surface area contributed by atoms with Crippen molar-refractivity contribution in [3.05, 3.63) is 41.7 Å². The van der Waals surface area contributed by atoms with E-state index in [1.54, 1.807) is 7.05 Å². The van der Waals surface area contributed by atoms with Gasteiger partial charge in [0.25, 0.3) is 0 Å². The van der Waals surface area contributed by atoms with Crippen molar-refractivity contribution in [2.45, 2.75) is 38.6 Å². The Morgan fingerprint density at radius 1 is 1.20 bits per heavy atom. The predicted octanol–water partition coefficient (Wildman–Crippen LogP) is 1.92. The molecule has 20 heavy (non-hydrogen) atoms. The van der Waals surface area contributed by atoms with Crippen LogP contribution in [0.15, 0.2) is 30.3 Å². The van der Waals surface area contributed by atoms with Crippen LogP contribution < -0.4 is 5.32 Å². The lowest BCUT2D eigenvalue weighted by Gasteiger charge is -2.19. The highest BCUT2D eigenvalue weighted by atomic mass is 15.6. The van der Waals surface area contributed by atoms with Crippen LogP contribution in [-0.4, -0.2) is 32.8 Å². The molecule has 0 spiro atoms. The average Bonchev–Trinajstić information content (AvgIpc) is 2.85. The molecular weight excluding hydrogens is 250 g/mol. The monoisotopic (exact) mass is 273 g/mol. The molecule has 0 aliphatic rings. The van der Waals surface area contributed by atoms with Gasteiger partial charge in [-0.15, -0.1) is 10.2 Å². The molecule has 108 valence electrons. The summed E-state index contributed by atoms with van der Waals surface area (Å²) in [5.41, 5.74) is 1.37. The van der Waals surface area contributed by atoms with Crippen molar-refractivity contribution in [1.29, 1.82) is 0 Å². The Kier molecular flexibility index (Phi) is 5.24. The Bertz CT molecular complexity index is 506. The Hall–Kier alpha value is -1.75. The molecule has 5 heteroatoms. The molecule has 0 fully saturated rings. The summed E-state index contributed by atoms with van der Waals surface area (Å²) in [6, 6.07) is 11.1. The summed E-state index contributed by atoms with van der Waals surface area (Å²) in [5, 5.41) is 15.7. The van der Waals surface area contributed by atoms with E-state index in [-0.39, 0.29) is 0 Å². The van der Waals surface area contributed by atoms with Crippen molar-refractivity contribution in [3.63, 3.8) is 0 Å². The first kappa shape index (κ1) is 14.7. The number of tetrazole rings is 1. The van der Waals surface area contributed by atoms with E-state index in [1.807, 2.05) is 0 Å². The van der Waals surface area contributed by atoms with Gasteiger partial charge in [-0.05, 0) is 23.1 Å². The number of nitrogens with one attached hydrogen (secondary N) is 1. The van der Waals surface area contributed by atoms with E-state index in [0.29, 0.717) is 12.0 Å². The fraction of sp³-hybridized carbons (Fsp3) is 0.533. The van der Waals surface area contributed by atoms with E-state index in [0.717, 1.165) is 25.2 Å². The smallest absolute Gasteiger partial charge is 0.174 e. The molecule has 0 saturated carbocycles. The average molecular weight is 273 g/mol. The number of aromatic nitrogens is 4. The topological polar surface area (TPSA) is 55.6 Å². The van der Waals surface area contributed by atoms with Gasteiger partial charge in [-0.25, -0.2) is 0 Å². The lowest BCUT2D eigenvalue weighted by atomic mass is 9.94. The van der Waals surface area contributed by atoms with Crippen molar-refractivity contribution < 1.29 is 0 Å². The quantitative estimate of drug-likeness (QED) is 0.837. The van der Waals surface area contributed by atoms with Crippen LogP contribution in [0.4, 0.5) is 0 Å². The Morgan fingerprint density at radius 2 is 1.95 bits per heavy atom. The minimum absolute atomic E-state index is 0.474. The van der Waals surface area contributed by atoms with Crippen LogP contribution in [0, 0.1) is 0 Å². The molecule has 1 atom stereocenters. The summed E-state index contributed by atoms with van der Waals surface area (Å²) in [6.07, 6.45) is 1.88. The van der Waals surface area contributed by atoms with E-state index in [9.17, 15) is 0 Å². The van der Waals surface area contributed by atoms with Crippen LogP contribution >= 0.6 is 0 Å². The van der Waals surface area contributed by atoms with Crippen LogP contribution in [0.1, 0.15) is 37.6 Å². The second-order valence-corrected chi connectivity index (χ2v) is 5.40. The van der Waals surface area contributed by atoms with Crippen LogP contribution in [0.2, 0.25) is 0 Å². The first-order chi connectivity index (χ1) is 9.65. The Morgan fingerprint density at radius 3 is 2.55 bits per heavy atom. The van der Waals surface area contributed by atoms with Crippen molar-refractivity contribution in [1.82, 2.24) is 25.5 Å². The zero-order valence-corrected chi connectivity index (χ0v) is 12.5. The maximum atomic E-state index is 4.25. The first-order valence-electron chi connectivity index (χ1n) is 7.16. The number of aryl methyl sites for hydroxylation is 2. The second-order valence-electron chi connectivity index (χ2n) is 5.40. The van der Waals surface area contributed by atoms with Gasteiger partial charge in [0.15, 0.2) is 5.82 Å². The second kappa shape index (κ2) is 7.14. The molecule has 0 aliphatic heterocycles. The SMILES string of the molecule is CC(C)NCC(CCc1nnn(C)n1)c1ccccc1. The molecule has 0 saturated heterocycles. The third-order valence-corrected chi connectivity index (χ3v) is 3.31. The summed E-state index contributed by atoms with van der Waals surface area (Å²) in [4.78, 5) is 1.51. The van der Waals surface area contributed by atoms with Gasteiger partial charge in [-0.3, -0.25) is 0 Å². The van der Waals surface area contributed by atoms with Gasteiger partial charge in [0.05, 0.1) is 7.05 Å². The van der Waals surface area contributed by atoms with Gasteiger partial charge in [0.1, 0.15) is 0 Å². The third kappa shape index (κ3) is 4.42. The van der Waals surface area contributed by atoms with Crippen molar-refractivity contribution in [3.8, 4) is 0 Å². The molecule has 2 aromatic rings. The molecule has 1 aromatic carbocycles. The fourth-order valence-electron chi connectivity index (χ4n) is 2.22. The Balaban J connectivity index is 1.98. The molecule has 1 N–H and O–H groups in total. The molecule has 1 heterocycles. The lowest BCUT2D eigenvalue weighted by molar-refractivity contribution is 0.504. The zero-order valence-electron chi connectivity index (χ0n) is 12.5. The highest BCUT2D eigenvalue weighted by Gasteiger charge is 2.13. The van der Waals surface area contributed by atoms with Crippen molar-refractivity contribution >= 4 is 0 Å². The maximum Gasteiger partial charge on any atom is 0.174 e. The van der Waals surface area contributed by atoms with Crippen molar-refractivity contribution in [2.24, 2.45) is 7.05 Å². The minimum atomic E-state index is 0.474. The molecule has 1 unspecified atom stereocenters. The van der Waals surface area contributed by atoms with Gasteiger partial charge in [0.2, 0.25) is 0 Å². The Labute approximate surface area is 120 Å². The number of hydrogen-bond acceptors (Lipinski definition) is 4. The molecule has 2 rings (SSSR count). The van der Waals surface area contributed by atoms with E-state index in [2.05, 4.69) is 64.9 Å². The molecular formula is C15H23N5. The summed E-state index contributed by atoms with van der Waals surface area (Å²) < 4.78 is 0. The predicted molar refractivity (Wildman–Crippen MR) is 79.4 cm³/mol. The minimum Gasteiger partial charge on any atom is -0.314 e. The van der Waals surface area contributed by atoms with E-state index < -0.39 is 0 Å². The zero-order chi connectivity index (χ0) is 14.4. The number of benzene rings is 1. The number of hydrogen-bond donors (Lipinski definition) is 1. The highest BCUT2D eigenvalue weighted by molar-refractivity contribution is 5.20. The lowest BCUT2D eigenvalue weighted by Crippen LogP contribution is -2.28. The van der Waals surface area contributed by atoms with Gasteiger partial charge in [0, 0.05) is 19.0 Å². The molecule has 0 bridgehead atoms. The van der Waals surface area contributed by atoms with E-state index in [4.69, 9.17) is 0 Å². The van der Waals surface area contributed by atoms with Crippen LogP contribution in [0.5, 0.6) is 0 Å². The molecule has 0 radical (unpaired) electrons. The van der Waals surface area contributed by atoms with Crippen LogP contribution in [0.25, 0.3) is 0 Å².